The van der Waals surface area contributed by atoms with Gasteiger partial charge in [-0.1, -0.05) is 88.4 Å². The molecular weight excluding hydrogens is 354 g/mol. The first kappa shape index (κ1) is 19.0. The largest absolute Gasteiger partial charge is 0.401 e. The second kappa shape index (κ2) is 7.87. The van der Waals surface area contributed by atoms with E-state index >= 15 is 0 Å². The molecule has 3 rings (SSSR count). The van der Waals surface area contributed by atoms with Crippen molar-refractivity contribution in [2.45, 2.75) is 45.8 Å². The maximum Gasteiger partial charge on any atom is 0.261 e. The lowest BCUT2D eigenvalue weighted by Gasteiger charge is -2.42. The Bertz CT molecular complexity index is 785. The molecule has 0 aliphatic rings. The van der Waals surface area contributed by atoms with Gasteiger partial charge in [0.15, 0.2) is 0 Å². The van der Waals surface area contributed by atoms with Crippen LogP contribution in [0.25, 0.3) is 0 Å². The molecule has 1 aromatic heterocycles. The van der Waals surface area contributed by atoms with Crippen LogP contribution < -0.4 is 10.4 Å². The zero-order valence-electron chi connectivity index (χ0n) is 16.0. The van der Waals surface area contributed by atoms with Gasteiger partial charge in [0.1, 0.15) is 5.01 Å². The summed E-state index contributed by atoms with van der Waals surface area (Å²) >= 11 is 1.70. The van der Waals surface area contributed by atoms with Crippen molar-refractivity contribution in [3.8, 4) is 0 Å². The second-order valence-electron chi connectivity index (χ2n) is 7.54. The quantitative estimate of drug-likeness (QED) is 0.573. The van der Waals surface area contributed by atoms with Gasteiger partial charge in [-0.05, 0) is 21.8 Å². The van der Waals surface area contributed by atoms with Crippen molar-refractivity contribution in [1.82, 2.24) is 4.98 Å². The van der Waals surface area contributed by atoms with Gasteiger partial charge in [-0.15, -0.1) is 11.3 Å². The summed E-state index contributed by atoms with van der Waals surface area (Å²) in [5.41, 5.74) is 1.15. The van der Waals surface area contributed by atoms with Gasteiger partial charge < -0.3 is 4.43 Å². The standard InChI is InChI=1S/C22H27NOSSi/c1-5-18-17-25-21(23-18)16-24-26(22(2,3)4,19-12-8-6-9-13-19)20-14-10-7-11-15-20/h6-15,17H,5,16H2,1-4H3. The first-order valence-corrected chi connectivity index (χ1v) is 11.9. The zero-order valence-corrected chi connectivity index (χ0v) is 17.8. The highest BCUT2D eigenvalue weighted by molar-refractivity contribution is 7.09. The number of aryl methyl sites for hydroxylation is 1. The smallest absolute Gasteiger partial charge is 0.261 e. The molecule has 4 heteroatoms. The summed E-state index contributed by atoms with van der Waals surface area (Å²) in [6, 6.07) is 21.5. The summed E-state index contributed by atoms with van der Waals surface area (Å²) < 4.78 is 6.90. The van der Waals surface area contributed by atoms with E-state index < -0.39 is 8.32 Å². The number of rotatable bonds is 6. The SMILES string of the molecule is CCc1csc(CO[Si](c2ccccc2)(c2ccccc2)C(C)(C)C)n1. The van der Waals surface area contributed by atoms with E-state index in [9.17, 15) is 0 Å². The van der Waals surface area contributed by atoms with Gasteiger partial charge in [0.2, 0.25) is 0 Å². The minimum atomic E-state index is -2.47. The van der Waals surface area contributed by atoms with E-state index in [0.29, 0.717) is 6.61 Å². The molecule has 0 saturated heterocycles. The molecule has 26 heavy (non-hydrogen) atoms. The van der Waals surface area contributed by atoms with Gasteiger partial charge >= 0.3 is 0 Å². The molecular formula is C22H27NOSSi. The third kappa shape index (κ3) is 3.68. The molecule has 0 bridgehead atoms. The van der Waals surface area contributed by atoms with Crippen molar-refractivity contribution in [2.24, 2.45) is 0 Å². The Labute approximate surface area is 162 Å². The Morgan fingerprint density at radius 2 is 1.46 bits per heavy atom. The Kier molecular flexibility index (Phi) is 5.75. The molecule has 0 radical (unpaired) electrons. The van der Waals surface area contributed by atoms with Crippen LogP contribution in [0.1, 0.15) is 38.4 Å². The highest BCUT2D eigenvalue weighted by Gasteiger charge is 2.50. The van der Waals surface area contributed by atoms with Crippen molar-refractivity contribution in [1.29, 1.82) is 0 Å². The number of benzene rings is 2. The summed E-state index contributed by atoms with van der Waals surface area (Å²) in [5, 5.41) is 5.83. The molecule has 0 aliphatic heterocycles. The monoisotopic (exact) mass is 381 g/mol. The number of thiazole rings is 1. The lowest BCUT2D eigenvalue weighted by atomic mass is 10.2. The molecule has 0 N–H and O–H groups in total. The molecule has 2 aromatic carbocycles. The van der Waals surface area contributed by atoms with Gasteiger partial charge in [0.05, 0.1) is 12.3 Å². The van der Waals surface area contributed by atoms with Gasteiger partial charge in [0, 0.05) is 5.38 Å². The molecule has 3 aromatic rings. The van der Waals surface area contributed by atoms with Gasteiger partial charge in [0.25, 0.3) is 8.32 Å². The first-order valence-electron chi connectivity index (χ1n) is 9.15. The van der Waals surface area contributed by atoms with Crippen molar-refractivity contribution in [3.05, 3.63) is 76.7 Å². The number of hydrogen-bond acceptors (Lipinski definition) is 3. The summed E-state index contributed by atoms with van der Waals surface area (Å²) in [6.07, 6.45) is 0.968. The fourth-order valence-electron chi connectivity index (χ4n) is 3.51. The number of nitrogens with zero attached hydrogens (tertiary/aromatic N) is 1. The van der Waals surface area contributed by atoms with Crippen LogP contribution in [0, 0.1) is 0 Å². The van der Waals surface area contributed by atoms with Gasteiger partial charge in [-0.2, -0.15) is 0 Å². The lowest BCUT2D eigenvalue weighted by Crippen LogP contribution is -2.66. The van der Waals surface area contributed by atoms with E-state index in [2.05, 4.69) is 93.7 Å². The van der Waals surface area contributed by atoms with E-state index in [4.69, 9.17) is 9.41 Å². The molecule has 2 nitrogen and oxygen atoms in total. The molecule has 0 fully saturated rings. The molecule has 0 unspecified atom stereocenters. The Morgan fingerprint density at radius 3 is 1.88 bits per heavy atom. The Balaban J connectivity index is 2.08. The van der Waals surface area contributed by atoms with Gasteiger partial charge in [-0.3, -0.25) is 0 Å². The minimum Gasteiger partial charge on any atom is -0.401 e. The van der Waals surface area contributed by atoms with Gasteiger partial charge in [-0.25, -0.2) is 4.98 Å². The normalized spacial score (nSPS) is 12.3. The van der Waals surface area contributed by atoms with E-state index in [1.165, 1.54) is 10.4 Å². The lowest BCUT2D eigenvalue weighted by molar-refractivity contribution is 0.285. The molecule has 1 heterocycles. The van der Waals surface area contributed by atoms with Crippen LogP contribution in [0.15, 0.2) is 66.0 Å². The first-order chi connectivity index (χ1) is 12.5. The maximum atomic E-state index is 6.90. The number of hydrogen-bond donors (Lipinski definition) is 0. The van der Waals surface area contributed by atoms with Crippen LogP contribution >= 0.6 is 11.3 Å². The van der Waals surface area contributed by atoms with E-state index in [-0.39, 0.29) is 5.04 Å². The van der Waals surface area contributed by atoms with Crippen LogP contribution in [0.5, 0.6) is 0 Å². The highest BCUT2D eigenvalue weighted by Crippen LogP contribution is 2.37. The third-order valence-electron chi connectivity index (χ3n) is 4.79. The molecule has 136 valence electrons. The maximum absolute atomic E-state index is 6.90. The van der Waals surface area contributed by atoms with Crippen molar-refractivity contribution < 1.29 is 4.43 Å². The van der Waals surface area contributed by atoms with E-state index in [1.54, 1.807) is 11.3 Å². The Hall–Kier alpha value is -1.75. The molecule has 0 saturated carbocycles. The fraction of sp³-hybridized carbons (Fsp3) is 0.318. The predicted octanol–water partition coefficient (Wildman–Crippen LogP) is 4.78. The molecule has 0 atom stereocenters. The summed E-state index contributed by atoms with van der Waals surface area (Å²) in [7, 11) is -2.47. The molecule has 0 amide bonds. The van der Waals surface area contributed by atoms with Crippen LogP contribution in [0.3, 0.4) is 0 Å². The van der Waals surface area contributed by atoms with E-state index in [0.717, 1.165) is 17.1 Å². The number of aromatic nitrogens is 1. The zero-order chi connectivity index (χ0) is 18.6. The van der Waals surface area contributed by atoms with Crippen LogP contribution in [-0.4, -0.2) is 13.3 Å². The third-order valence-corrected chi connectivity index (χ3v) is 10.6. The van der Waals surface area contributed by atoms with Crippen LogP contribution in [0.2, 0.25) is 5.04 Å². The van der Waals surface area contributed by atoms with Crippen LogP contribution in [0.4, 0.5) is 0 Å². The minimum absolute atomic E-state index is 0.000548. The molecule has 0 aliphatic carbocycles. The second-order valence-corrected chi connectivity index (χ2v) is 12.8. The predicted molar refractivity (Wildman–Crippen MR) is 114 cm³/mol. The van der Waals surface area contributed by atoms with E-state index in [1.807, 2.05) is 0 Å². The van der Waals surface area contributed by atoms with Crippen molar-refractivity contribution in [2.75, 3.05) is 0 Å². The van der Waals surface area contributed by atoms with Crippen molar-refractivity contribution in [3.63, 3.8) is 0 Å². The van der Waals surface area contributed by atoms with Crippen LogP contribution in [-0.2, 0) is 17.5 Å². The summed E-state index contributed by atoms with van der Waals surface area (Å²) in [6.45, 7) is 9.62. The average molecular weight is 382 g/mol. The molecule has 0 spiro atoms. The highest BCUT2D eigenvalue weighted by atomic mass is 32.1. The Morgan fingerprint density at radius 1 is 0.923 bits per heavy atom. The fourth-order valence-corrected chi connectivity index (χ4v) is 8.91. The topological polar surface area (TPSA) is 22.1 Å². The summed E-state index contributed by atoms with van der Waals surface area (Å²) in [4.78, 5) is 4.72. The van der Waals surface area contributed by atoms with Crippen molar-refractivity contribution >= 4 is 30.0 Å². The average Bonchev–Trinajstić information content (AvgIpc) is 3.11. The summed E-state index contributed by atoms with van der Waals surface area (Å²) in [5.74, 6) is 0.